The summed E-state index contributed by atoms with van der Waals surface area (Å²) in [6, 6.07) is 8.43. The molecule has 4 aromatic rings. The Bertz CT molecular complexity index is 1630. The maximum absolute atomic E-state index is 12.1. The number of hydrogen-bond donors (Lipinski definition) is 4. The summed E-state index contributed by atoms with van der Waals surface area (Å²) in [7, 11) is 0. The Morgan fingerprint density at radius 1 is 0.354 bits per heavy atom. The SMILES string of the molecule is Cc1c(C(C)C)cc2c(O)c1Cc1cc(C(C)C)c(C)c(c1O)Cc1cc(C(C)C)c(C)c(c1O)Cc1cc(C(C)C)c(C)c(c1O)C2. The first-order valence-corrected chi connectivity index (χ1v) is 17.8. The molecule has 4 nitrogen and oxygen atoms in total. The fourth-order valence-electron chi connectivity index (χ4n) is 8.20. The molecule has 0 saturated carbocycles. The Kier molecular flexibility index (Phi) is 9.72. The van der Waals surface area contributed by atoms with E-state index in [-0.39, 0.29) is 46.7 Å². The first kappa shape index (κ1) is 35.4. The Morgan fingerprint density at radius 3 is 0.667 bits per heavy atom. The van der Waals surface area contributed by atoms with Crippen LogP contribution in [-0.2, 0) is 25.7 Å². The van der Waals surface area contributed by atoms with Crippen LogP contribution in [0.15, 0.2) is 24.3 Å². The van der Waals surface area contributed by atoms with Crippen molar-refractivity contribution in [2.24, 2.45) is 0 Å². The highest BCUT2D eigenvalue weighted by atomic mass is 16.3. The molecule has 0 aliphatic heterocycles. The van der Waals surface area contributed by atoms with E-state index in [4.69, 9.17) is 0 Å². The second-order valence-electron chi connectivity index (χ2n) is 15.6. The van der Waals surface area contributed by atoms with Crippen molar-refractivity contribution in [3.8, 4) is 23.0 Å². The molecule has 1 aliphatic carbocycles. The molecule has 4 aromatic carbocycles. The van der Waals surface area contributed by atoms with Crippen molar-refractivity contribution in [1.29, 1.82) is 0 Å². The Balaban J connectivity index is 1.94. The Morgan fingerprint density at radius 2 is 0.521 bits per heavy atom. The van der Waals surface area contributed by atoms with Crippen molar-refractivity contribution in [3.63, 3.8) is 0 Å². The number of benzene rings is 4. The van der Waals surface area contributed by atoms with Crippen LogP contribution in [0.2, 0.25) is 0 Å². The molecule has 0 fully saturated rings. The minimum absolute atomic E-state index is 0.223. The van der Waals surface area contributed by atoms with Gasteiger partial charge in [-0.25, -0.2) is 0 Å². The first-order valence-electron chi connectivity index (χ1n) is 17.8. The van der Waals surface area contributed by atoms with Gasteiger partial charge >= 0.3 is 0 Å². The number of phenols is 4. The highest BCUT2D eigenvalue weighted by molar-refractivity contribution is 5.63. The summed E-state index contributed by atoms with van der Waals surface area (Å²) < 4.78 is 0. The van der Waals surface area contributed by atoms with E-state index in [1.165, 1.54) is 0 Å². The minimum Gasteiger partial charge on any atom is -0.507 e. The third-order valence-electron chi connectivity index (χ3n) is 11.2. The van der Waals surface area contributed by atoms with Gasteiger partial charge in [-0.05, 0) is 118 Å². The van der Waals surface area contributed by atoms with Crippen LogP contribution < -0.4 is 0 Å². The molecule has 0 radical (unpaired) electrons. The highest BCUT2D eigenvalue weighted by Crippen LogP contribution is 2.45. The normalized spacial score (nSPS) is 13.3. The lowest BCUT2D eigenvalue weighted by molar-refractivity contribution is 0.448. The topological polar surface area (TPSA) is 80.9 Å². The van der Waals surface area contributed by atoms with E-state index in [0.717, 1.165) is 89.0 Å². The van der Waals surface area contributed by atoms with Crippen LogP contribution in [0.4, 0.5) is 0 Å². The second-order valence-corrected chi connectivity index (χ2v) is 15.6. The van der Waals surface area contributed by atoms with Gasteiger partial charge in [0.1, 0.15) is 23.0 Å². The van der Waals surface area contributed by atoms with Gasteiger partial charge in [0.2, 0.25) is 0 Å². The van der Waals surface area contributed by atoms with E-state index >= 15 is 0 Å². The van der Waals surface area contributed by atoms with Crippen LogP contribution in [0.3, 0.4) is 0 Å². The Hall–Kier alpha value is -3.92. The van der Waals surface area contributed by atoms with Gasteiger partial charge < -0.3 is 20.4 Å². The summed E-state index contributed by atoms with van der Waals surface area (Å²) in [5, 5.41) is 48.2. The summed E-state index contributed by atoms with van der Waals surface area (Å²) in [6.07, 6.45) is 1.48. The van der Waals surface area contributed by atoms with Crippen LogP contribution in [0.1, 0.15) is 168 Å². The van der Waals surface area contributed by atoms with Gasteiger partial charge in [-0.2, -0.15) is 0 Å². The van der Waals surface area contributed by atoms with Gasteiger partial charge in [0, 0.05) is 47.9 Å². The third kappa shape index (κ3) is 6.08. The molecule has 0 amide bonds. The van der Waals surface area contributed by atoms with E-state index < -0.39 is 0 Å². The molecule has 0 heterocycles. The molecule has 0 unspecified atom stereocenters. The number of fused-ring (bicyclic) bond motifs is 8. The van der Waals surface area contributed by atoms with Crippen molar-refractivity contribution in [1.82, 2.24) is 0 Å². The van der Waals surface area contributed by atoms with Crippen molar-refractivity contribution >= 4 is 0 Å². The number of rotatable bonds is 4. The van der Waals surface area contributed by atoms with Gasteiger partial charge in [-0.3, -0.25) is 0 Å². The largest absolute Gasteiger partial charge is 0.507 e. The molecular weight excluding hydrogens is 592 g/mol. The lowest BCUT2D eigenvalue weighted by atomic mass is 9.80. The number of hydrogen-bond acceptors (Lipinski definition) is 4. The van der Waals surface area contributed by atoms with Crippen molar-refractivity contribution < 1.29 is 20.4 Å². The fourth-order valence-corrected chi connectivity index (χ4v) is 8.20. The molecule has 5 rings (SSSR count). The van der Waals surface area contributed by atoms with Gasteiger partial charge in [-0.15, -0.1) is 0 Å². The van der Waals surface area contributed by atoms with E-state index in [1.54, 1.807) is 0 Å². The molecule has 0 saturated heterocycles. The molecule has 8 bridgehead atoms. The summed E-state index contributed by atoms with van der Waals surface area (Å²) in [5.41, 5.74) is 15.1. The zero-order chi connectivity index (χ0) is 35.5. The first-order chi connectivity index (χ1) is 22.4. The van der Waals surface area contributed by atoms with Gasteiger partial charge in [0.05, 0.1) is 0 Å². The molecule has 0 atom stereocenters. The Labute approximate surface area is 288 Å². The monoisotopic (exact) mass is 648 g/mol. The number of phenolic OH excluding ortho intramolecular Hbond substituents is 4. The van der Waals surface area contributed by atoms with Crippen LogP contribution in [-0.4, -0.2) is 20.4 Å². The van der Waals surface area contributed by atoms with Crippen molar-refractivity contribution in [2.45, 2.75) is 132 Å². The maximum Gasteiger partial charge on any atom is 0.122 e. The lowest BCUT2D eigenvalue weighted by Gasteiger charge is -2.26. The van der Waals surface area contributed by atoms with Gasteiger partial charge in [-0.1, -0.05) is 79.7 Å². The average Bonchev–Trinajstić information content (AvgIpc) is 3.00. The molecule has 4 heteroatoms. The molecular formula is C44H56O4. The zero-order valence-corrected chi connectivity index (χ0v) is 31.2. The van der Waals surface area contributed by atoms with Gasteiger partial charge in [0.25, 0.3) is 0 Å². The molecule has 0 aromatic heterocycles. The van der Waals surface area contributed by atoms with Crippen LogP contribution >= 0.6 is 0 Å². The average molecular weight is 649 g/mol. The third-order valence-corrected chi connectivity index (χ3v) is 11.2. The summed E-state index contributed by atoms with van der Waals surface area (Å²) in [4.78, 5) is 0. The molecule has 0 spiro atoms. The van der Waals surface area contributed by atoms with Crippen molar-refractivity contribution in [3.05, 3.63) is 113 Å². The highest BCUT2D eigenvalue weighted by Gasteiger charge is 2.27. The zero-order valence-electron chi connectivity index (χ0n) is 31.2. The summed E-state index contributed by atoms with van der Waals surface area (Å²) in [6.45, 7) is 25.7. The fraction of sp³-hybridized carbons (Fsp3) is 0.455. The standard InChI is InChI=1S/C44H56O4/c1-21(2)33-13-29-17-38-26(10)35(23(5)6)15-31(43(38)47)19-40-28(12)36(24(7)8)16-32(44(40)48)20-39-27(11)34(22(3)4)14-30(42(39)46)18-37(25(33)9)41(29)45/h13-16,21-24,45-48H,17-20H2,1-12H3. The smallest absolute Gasteiger partial charge is 0.122 e. The molecule has 256 valence electrons. The number of aromatic hydroxyl groups is 4. The summed E-state index contributed by atoms with van der Waals surface area (Å²) >= 11 is 0. The van der Waals surface area contributed by atoms with E-state index in [0.29, 0.717) is 25.7 Å². The minimum atomic E-state index is 0.223. The summed E-state index contributed by atoms with van der Waals surface area (Å²) in [5.74, 6) is 1.81. The van der Waals surface area contributed by atoms with Gasteiger partial charge in [0.15, 0.2) is 0 Å². The van der Waals surface area contributed by atoms with Crippen LogP contribution in [0.5, 0.6) is 23.0 Å². The second kappa shape index (κ2) is 13.2. The molecule has 48 heavy (non-hydrogen) atoms. The predicted molar refractivity (Wildman–Crippen MR) is 199 cm³/mol. The van der Waals surface area contributed by atoms with E-state index in [1.807, 2.05) is 0 Å². The van der Waals surface area contributed by atoms with E-state index in [2.05, 4.69) is 107 Å². The van der Waals surface area contributed by atoms with Crippen LogP contribution in [0, 0.1) is 27.7 Å². The van der Waals surface area contributed by atoms with Crippen molar-refractivity contribution in [2.75, 3.05) is 0 Å². The lowest BCUT2D eigenvalue weighted by Crippen LogP contribution is -2.10. The maximum atomic E-state index is 12.1. The van der Waals surface area contributed by atoms with Crippen LogP contribution in [0.25, 0.3) is 0 Å². The quantitative estimate of drug-likeness (QED) is 0.156. The predicted octanol–water partition coefficient (Wildman–Crippen LogP) is 10.9. The van der Waals surface area contributed by atoms with E-state index in [9.17, 15) is 20.4 Å². The molecule has 1 aliphatic rings. The molecule has 4 N–H and O–H groups in total.